The van der Waals surface area contributed by atoms with E-state index in [1.165, 1.54) is 42.6 Å². The van der Waals surface area contributed by atoms with Crippen LogP contribution in [-0.2, 0) is 13.0 Å². The predicted octanol–water partition coefficient (Wildman–Crippen LogP) is 3.43. The van der Waals surface area contributed by atoms with E-state index in [0.717, 1.165) is 32.0 Å². The van der Waals surface area contributed by atoms with Gasteiger partial charge in [-0.3, -0.25) is 9.88 Å². The van der Waals surface area contributed by atoms with Crippen LogP contribution in [0, 0.1) is 12.8 Å². The molecule has 3 rings (SSSR count). The van der Waals surface area contributed by atoms with Crippen LogP contribution in [0.3, 0.4) is 0 Å². The molecule has 2 aromatic rings. The van der Waals surface area contributed by atoms with Gasteiger partial charge in [0.1, 0.15) is 0 Å². The van der Waals surface area contributed by atoms with Gasteiger partial charge in [-0.2, -0.15) is 0 Å². The van der Waals surface area contributed by atoms with E-state index in [2.05, 4.69) is 58.5 Å². The van der Waals surface area contributed by atoms with Crippen molar-refractivity contribution in [3.63, 3.8) is 0 Å². The lowest BCUT2D eigenvalue weighted by atomic mass is 9.96. The van der Waals surface area contributed by atoms with Crippen LogP contribution in [0.5, 0.6) is 0 Å². The molecule has 1 aliphatic heterocycles. The molecule has 0 atom stereocenters. The number of pyridine rings is 1. The number of aromatic nitrogens is 1. The normalized spacial score (nSPS) is 16.4. The number of benzene rings is 1. The van der Waals surface area contributed by atoms with Crippen LogP contribution >= 0.6 is 0 Å². The summed E-state index contributed by atoms with van der Waals surface area (Å²) >= 11 is 0. The predicted molar refractivity (Wildman–Crippen MR) is 100.0 cm³/mol. The Balaban J connectivity index is 1.32. The Bertz CT molecular complexity index is 603. The second-order valence-electron chi connectivity index (χ2n) is 6.96. The van der Waals surface area contributed by atoms with E-state index < -0.39 is 0 Å². The van der Waals surface area contributed by atoms with Gasteiger partial charge >= 0.3 is 0 Å². The average Bonchev–Trinajstić information content (AvgIpc) is 2.62. The fraction of sp³-hybridized carbons (Fsp3) is 0.476. The number of nitrogens with one attached hydrogen (secondary N) is 1. The summed E-state index contributed by atoms with van der Waals surface area (Å²) < 4.78 is 0. The molecule has 3 heteroatoms. The van der Waals surface area contributed by atoms with Crippen LogP contribution in [0.4, 0.5) is 0 Å². The highest BCUT2D eigenvalue weighted by Crippen LogP contribution is 2.18. The molecule has 3 nitrogen and oxygen atoms in total. The molecule has 1 fully saturated rings. The highest BCUT2D eigenvalue weighted by Gasteiger charge is 2.18. The quantitative estimate of drug-likeness (QED) is 0.791. The Hall–Kier alpha value is -1.71. The van der Waals surface area contributed by atoms with Crippen molar-refractivity contribution in [1.82, 2.24) is 15.2 Å². The standard InChI is InChI=1S/C21H29N3/c1-18-15-22-11-7-21(18)8-12-23-16-19-9-13-24(14-10-19)17-20-5-3-2-4-6-20/h2-7,11,15,19,23H,8-10,12-14,16-17H2,1H3. The zero-order valence-corrected chi connectivity index (χ0v) is 14.7. The third kappa shape index (κ3) is 5.15. The molecule has 2 heterocycles. The summed E-state index contributed by atoms with van der Waals surface area (Å²) in [5.74, 6) is 0.829. The molecule has 0 amide bonds. The molecule has 24 heavy (non-hydrogen) atoms. The smallest absolute Gasteiger partial charge is 0.0299 e. The lowest BCUT2D eigenvalue weighted by Gasteiger charge is -2.32. The first-order valence-corrected chi connectivity index (χ1v) is 9.18. The van der Waals surface area contributed by atoms with E-state index >= 15 is 0 Å². The van der Waals surface area contributed by atoms with E-state index in [4.69, 9.17) is 0 Å². The van der Waals surface area contributed by atoms with Gasteiger partial charge in [0.25, 0.3) is 0 Å². The molecule has 0 saturated carbocycles. The summed E-state index contributed by atoms with van der Waals surface area (Å²) in [4.78, 5) is 6.75. The van der Waals surface area contributed by atoms with Gasteiger partial charge in [0, 0.05) is 18.9 Å². The van der Waals surface area contributed by atoms with Crippen molar-refractivity contribution in [1.29, 1.82) is 0 Å². The molecule has 1 aromatic carbocycles. The molecule has 1 saturated heterocycles. The number of likely N-dealkylation sites (tertiary alicyclic amines) is 1. The number of piperidine rings is 1. The van der Waals surface area contributed by atoms with Gasteiger partial charge in [-0.25, -0.2) is 0 Å². The monoisotopic (exact) mass is 323 g/mol. The van der Waals surface area contributed by atoms with Gasteiger partial charge in [0.15, 0.2) is 0 Å². The van der Waals surface area contributed by atoms with Crippen molar-refractivity contribution in [2.45, 2.75) is 32.7 Å². The zero-order valence-electron chi connectivity index (χ0n) is 14.7. The number of hydrogen-bond acceptors (Lipinski definition) is 3. The molecular formula is C21H29N3. The molecule has 1 aliphatic rings. The summed E-state index contributed by atoms with van der Waals surface area (Å²) in [7, 11) is 0. The molecule has 0 bridgehead atoms. The average molecular weight is 323 g/mol. The fourth-order valence-corrected chi connectivity index (χ4v) is 3.50. The van der Waals surface area contributed by atoms with Crippen LogP contribution < -0.4 is 5.32 Å². The summed E-state index contributed by atoms with van der Waals surface area (Å²) in [6.45, 7) is 7.92. The zero-order chi connectivity index (χ0) is 16.6. The Morgan fingerprint density at radius 1 is 1.12 bits per heavy atom. The molecule has 0 spiro atoms. The first-order valence-electron chi connectivity index (χ1n) is 9.18. The minimum absolute atomic E-state index is 0.829. The molecule has 0 radical (unpaired) electrons. The topological polar surface area (TPSA) is 28.2 Å². The van der Waals surface area contributed by atoms with E-state index in [1.807, 2.05) is 12.4 Å². The number of rotatable bonds is 7. The fourth-order valence-electron chi connectivity index (χ4n) is 3.50. The highest BCUT2D eigenvalue weighted by molar-refractivity contribution is 5.21. The second-order valence-corrected chi connectivity index (χ2v) is 6.96. The second kappa shape index (κ2) is 8.95. The Morgan fingerprint density at radius 3 is 2.67 bits per heavy atom. The van der Waals surface area contributed by atoms with E-state index in [0.29, 0.717) is 0 Å². The van der Waals surface area contributed by atoms with Gasteiger partial charge in [0.2, 0.25) is 0 Å². The van der Waals surface area contributed by atoms with Gasteiger partial charge in [-0.15, -0.1) is 0 Å². The van der Waals surface area contributed by atoms with Crippen molar-refractivity contribution < 1.29 is 0 Å². The third-order valence-electron chi connectivity index (χ3n) is 5.10. The Labute approximate surface area is 146 Å². The van der Waals surface area contributed by atoms with Crippen LogP contribution in [0.25, 0.3) is 0 Å². The van der Waals surface area contributed by atoms with Crippen molar-refractivity contribution in [3.8, 4) is 0 Å². The first kappa shape index (κ1) is 17.1. The summed E-state index contributed by atoms with van der Waals surface area (Å²) in [5.41, 5.74) is 4.14. The Kier molecular flexibility index (Phi) is 6.39. The number of nitrogens with zero attached hydrogens (tertiary/aromatic N) is 2. The van der Waals surface area contributed by atoms with Crippen molar-refractivity contribution in [2.24, 2.45) is 5.92 Å². The van der Waals surface area contributed by atoms with Crippen LogP contribution in [0.1, 0.15) is 29.5 Å². The summed E-state index contributed by atoms with van der Waals surface area (Å²) in [6, 6.07) is 13.0. The molecular weight excluding hydrogens is 294 g/mol. The minimum Gasteiger partial charge on any atom is -0.316 e. The lowest BCUT2D eigenvalue weighted by Crippen LogP contribution is -2.37. The maximum Gasteiger partial charge on any atom is 0.0299 e. The number of hydrogen-bond donors (Lipinski definition) is 1. The first-order chi connectivity index (χ1) is 11.8. The molecule has 128 valence electrons. The van der Waals surface area contributed by atoms with Crippen LogP contribution in [0.15, 0.2) is 48.8 Å². The molecule has 0 unspecified atom stereocenters. The van der Waals surface area contributed by atoms with E-state index in [9.17, 15) is 0 Å². The van der Waals surface area contributed by atoms with Gasteiger partial charge in [0.05, 0.1) is 0 Å². The SMILES string of the molecule is Cc1cnccc1CCNCC1CCN(Cc2ccccc2)CC1. The van der Waals surface area contributed by atoms with E-state index in [1.54, 1.807) is 0 Å². The third-order valence-corrected chi connectivity index (χ3v) is 5.10. The highest BCUT2D eigenvalue weighted by atomic mass is 15.1. The lowest BCUT2D eigenvalue weighted by molar-refractivity contribution is 0.175. The maximum atomic E-state index is 4.16. The van der Waals surface area contributed by atoms with E-state index in [-0.39, 0.29) is 0 Å². The van der Waals surface area contributed by atoms with Crippen molar-refractivity contribution in [3.05, 3.63) is 65.5 Å². The maximum absolute atomic E-state index is 4.16. The molecule has 1 aromatic heterocycles. The van der Waals surface area contributed by atoms with Crippen LogP contribution in [0.2, 0.25) is 0 Å². The van der Waals surface area contributed by atoms with Gasteiger partial charge < -0.3 is 5.32 Å². The summed E-state index contributed by atoms with van der Waals surface area (Å²) in [5, 5.41) is 3.66. The molecule has 1 N–H and O–H groups in total. The van der Waals surface area contributed by atoms with Gasteiger partial charge in [-0.1, -0.05) is 30.3 Å². The number of aryl methyl sites for hydroxylation is 1. The van der Waals surface area contributed by atoms with Crippen molar-refractivity contribution >= 4 is 0 Å². The largest absolute Gasteiger partial charge is 0.316 e. The summed E-state index contributed by atoms with van der Waals surface area (Å²) in [6.07, 6.45) is 7.58. The molecule has 0 aliphatic carbocycles. The minimum atomic E-state index is 0.829. The van der Waals surface area contributed by atoms with Crippen LogP contribution in [-0.4, -0.2) is 36.1 Å². The van der Waals surface area contributed by atoms with Gasteiger partial charge in [-0.05, 0) is 81.0 Å². The van der Waals surface area contributed by atoms with Crippen molar-refractivity contribution in [2.75, 3.05) is 26.2 Å². The Morgan fingerprint density at radius 2 is 1.92 bits per heavy atom.